The van der Waals surface area contributed by atoms with Crippen molar-refractivity contribution >= 4 is 28.1 Å². The lowest BCUT2D eigenvalue weighted by molar-refractivity contribution is 0.0751. The number of carbonyl (C=O) groups excluding carboxylic acids is 1. The molecular weight excluding hydrogens is 306 g/mol. The quantitative estimate of drug-likeness (QED) is 0.708. The fraction of sp³-hybridized carbons (Fsp3) is 0.444. The van der Waals surface area contributed by atoms with Gasteiger partial charge < -0.3 is 10.2 Å². The van der Waals surface area contributed by atoms with Gasteiger partial charge in [-0.25, -0.2) is 4.98 Å². The molecule has 2 rings (SSSR count). The van der Waals surface area contributed by atoms with Crippen LogP contribution in [0.2, 0.25) is 0 Å². The van der Waals surface area contributed by atoms with Crippen molar-refractivity contribution in [1.29, 1.82) is 0 Å². The Hall–Kier alpha value is -1.88. The highest BCUT2D eigenvalue weighted by Crippen LogP contribution is 2.20. The second-order valence-electron chi connectivity index (χ2n) is 5.54. The van der Waals surface area contributed by atoms with Gasteiger partial charge in [0.25, 0.3) is 5.91 Å². The number of benzene rings is 1. The first-order valence-electron chi connectivity index (χ1n) is 8.30. The van der Waals surface area contributed by atoms with Crippen LogP contribution in [0.1, 0.15) is 49.9 Å². The molecule has 0 aliphatic rings. The maximum absolute atomic E-state index is 12.8. The van der Waals surface area contributed by atoms with Crippen LogP contribution in [0.5, 0.6) is 0 Å². The Bertz CT molecular complexity index is 590. The van der Waals surface area contributed by atoms with Crippen molar-refractivity contribution in [3.63, 3.8) is 0 Å². The van der Waals surface area contributed by atoms with Gasteiger partial charge in [-0.1, -0.05) is 32.8 Å². The molecule has 0 radical (unpaired) electrons. The number of nitrogens with zero attached hydrogens (tertiary/aromatic N) is 2. The van der Waals surface area contributed by atoms with E-state index in [9.17, 15) is 4.79 Å². The van der Waals surface area contributed by atoms with E-state index < -0.39 is 0 Å². The molecule has 0 saturated carbocycles. The number of hydrogen-bond donors (Lipinski definition) is 1. The van der Waals surface area contributed by atoms with Crippen LogP contribution in [-0.4, -0.2) is 28.9 Å². The molecule has 0 atom stereocenters. The molecule has 5 heteroatoms. The average molecular weight is 331 g/mol. The summed E-state index contributed by atoms with van der Waals surface area (Å²) >= 11 is 1.54. The lowest BCUT2D eigenvalue weighted by Gasteiger charge is -2.22. The third-order valence-electron chi connectivity index (χ3n) is 3.64. The number of rotatable bonds is 9. The van der Waals surface area contributed by atoms with Crippen molar-refractivity contribution in [2.24, 2.45) is 0 Å². The van der Waals surface area contributed by atoms with E-state index >= 15 is 0 Å². The average Bonchev–Trinajstić information content (AvgIpc) is 3.08. The number of anilines is 2. The zero-order valence-corrected chi connectivity index (χ0v) is 14.7. The first-order valence-corrected chi connectivity index (χ1v) is 9.18. The molecule has 1 aromatic carbocycles. The van der Waals surface area contributed by atoms with Gasteiger partial charge in [-0.3, -0.25) is 4.79 Å². The molecule has 23 heavy (non-hydrogen) atoms. The molecule has 1 heterocycles. The number of hydrogen-bond acceptors (Lipinski definition) is 4. The summed E-state index contributed by atoms with van der Waals surface area (Å²) in [6, 6.07) is 7.68. The van der Waals surface area contributed by atoms with Gasteiger partial charge in [0.05, 0.1) is 0 Å². The summed E-state index contributed by atoms with van der Waals surface area (Å²) in [4.78, 5) is 19.0. The maximum atomic E-state index is 12.8. The molecule has 124 valence electrons. The standard InChI is InChI=1S/C18H25N3OS/c1-3-5-11-21(12-6-4-2)17(22)15-8-7-9-16(14-15)20-18-19-10-13-23-18/h7-10,13-14H,3-6,11-12H2,1-2H3,(H,19,20). The Morgan fingerprint density at radius 1 is 1.22 bits per heavy atom. The van der Waals surface area contributed by atoms with Crippen LogP contribution in [0, 0.1) is 0 Å². The van der Waals surface area contributed by atoms with Gasteiger partial charge in [-0.05, 0) is 31.0 Å². The zero-order valence-electron chi connectivity index (χ0n) is 13.9. The zero-order chi connectivity index (χ0) is 16.5. The summed E-state index contributed by atoms with van der Waals surface area (Å²) in [5, 5.41) is 6.00. The summed E-state index contributed by atoms with van der Waals surface area (Å²) in [6.07, 6.45) is 6.06. The monoisotopic (exact) mass is 331 g/mol. The number of amides is 1. The number of nitrogens with one attached hydrogen (secondary N) is 1. The van der Waals surface area contributed by atoms with Crippen molar-refractivity contribution in [2.75, 3.05) is 18.4 Å². The van der Waals surface area contributed by atoms with Gasteiger partial charge in [0.15, 0.2) is 5.13 Å². The molecule has 1 amide bonds. The Kier molecular flexibility index (Phi) is 7.07. The molecule has 0 saturated heterocycles. The van der Waals surface area contributed by atoms with E-state index in [1.165, 1.54) is 0 Å². The van der Waals surface area contributed by atoms with Crippen LogP contribution in [0.25, 0.3) is 0 Å². The highest BCUT2D eigenvalue weighted by Gasteiger charge is 2.15. The van der Waals surface area contributed by atoms with Gasteiger partial charge in [0.2, 0.25) is 0 Å². The van der Waals surface area contributed by atoms with E-state index in [1.807, 2.05) is 34.5 Å². The topological polar surface area (TPSA) is 45.2 Å². The molecular formula is C18H25N3OS. The molecule has 0 aliphatic carbocycles. The van der Waals surface area contributed by atoms with Gasteiger partial charge in [-0.2, -0.15) is 0 Å². The Morgan fingerprint density at radius 3 is 2.57 bits per heavy atom. The third-order valence-corrected chi connectivity index (χ3v) is 4.33. The smallest absolute Gasteiger partial charge is 0.253 e. The molecule has 0 bridgehead atoms. The van der Waals surface area contributed by atoms with Gasteiger partial charge >= 0.3 is 0 Å². The van der Waals surface area contributed by atoms with Gasteiger partial charge in [0.1, 0.15) is 0 Å². The van der Waals surface area contributed by atoms with E-state index in [0.717, 1.165) is 55.2 Å². The minimum Gasteiger partial charge on any atom is -0.339 e. The van der Waals surface area contributed by atoms with Crippen LogP contribution in [-0.2, 0) is 0 Å². The van der Waals surface area contributed by atoms with Gasteiger partial charge in [-0.15, -0.1) is 11.3 Å². The number of aromatic nitrogens is 1. The predicted molar refractivity (Wildman–Crippen MR) is 97.6 cm³/mol. The Balaban J connectivity index is 2.09. The van der Waals surface area contributed by atoms with E-state index in [-0.39, 0.29) is 5.91 Å². The van der Waals surface area contributed by atoms with Crippen LogP contribution in [0.4, 0.5) is 10.8 Å². The maximum Gasteiger partial charge on any atom is 0.253 e. The summed E-state index contributed by atoms with van der Waals surface area (Å²) in [5.74, 6) is 0.120. The SMILES string of the molecule is CCCCN(CCCC)C(=O)c1cccc(Nc2nccs2)c1. The highest BCUT2D eigenvalue weighted by molar-refractivity contribution is 7.13. The summed E-state index contributed by atoms with van der Waals surface area (Å²) in [7, 11) is 0. The van der Waals surface area contributed by atoms with Crippen molar-refractivity contribution in [1.82, 2.24) is 9.88 Å². The van der Waals surface area contributed by atoms with E-state index in [2.05, 4.69) is 24.1 Å². The van der Waals surface area contributed by atoms with E-state index in [0.29, 0.717) is 0 Å². The van der Waals surface area contributed by atoms with Crippen LogP contribution in [0.3, 0.4) is 0 Å². The van der Waals surface area contributed by atoms with Crippen molar-refractivity contribution in [2.45, 2.75) is 39.5 Å². The minimum absolute atomic E-state index is 0.120. The lowest BCUT2D eigenvalue weighted by Crippen LogP contribution is -2.32. The van der Waals surface area contributed by atoms with Crippen LogP contribution < -0.4 is 5.32 Å². The molecule has 4 nitrogen and oxygen atoms in total. The van der Waals surface area contributed by atoms with Crippen LogP contribution >= 0.6 is 11.3 Å². The second-order valence-corrected chi connectivity index (χ2v) is 6.44. The summed E-state index contributed by atoms with van der Waals surface area (Å²) < 4.78 is 0. The summed E-state index contributed by atoms with van der Waals surface area (Å²) in [5.41, 5.74) is 1.63. The molecule has 0 aliphatic heterocycles. The minimum atomic E-state index is 0.120. The molecule has 0 fully saturated rings. The van der Waals surface area contributed by atoms with Gasteiger partial charge in [0, 0.05) is 35.9 Å². The first kappa shape index (κ1) is 17.5. The predicted octanol–water partition coefficient (Wildman–Crippen LogP) is 4.93. The largest absolute Gasteiger partial charge is 0.339 e. The second kappa shape index (κ2) is 9.30. The first-order chi connectivity index (χ1) is 11.2. The third kappa shape index (κ3) is 5.36. The molecule has 2 aromatic rings. The lowest BCUT2D eigenvalue weighted by atomic mass is 10.1. The van der Waals surface area contributed by atoms with Crippen molar-refractivity contribution in [3.05, 3.63) is 41.4 Å². The highest BCUT2D eigenvalue weighted by atomic mass is 32.1. The fourth-order valence-electron chi connectivity index (χ4n) is 2.33. The number of thiazole rings is 1. The summed E-state index contributed by atoms with van der Waals surface area (Å²) in [6.45, 7) is 5.97. The number of unbranched alkanes of at least 4 members (excludes halogenated alkanes) is 2. The van der Waals surface area contributed by atoms with E-state index in [1.54, 1.807) is 17.5 Å². The molecule has 0 unspecified atom stereocenters. The molecule has 1 aromatic heterocycles. The fourth-order valence-corrected chi connectivity index (χ4v) is 2.88. The normalized spacial score (nSPS) is 10.5. The van der Waals surface area contributed by atoms with Crippen molar-refractivity contribution in [3.8, 4) is 0 Å². The van der Waals surface area contributed by atoms with E-state index in [4.69, 9.17) is 0 Å². The molecule has 1 N–H and O–H groups in total. The Morgan fingerprint density at radius 2 is 1.96 bits per heavy atom. The van der Waals surface area contributed by atoms with Crippen LogP contribution in [0.15, 0.2) is 35.8 Å². The number of carbonyl (C=O) groups is 1. The Labute approximate surface area is 142 Å². The molecule has 0 spiro atoms. The van der Waals surface area contributed by atoms with Crippen molar-refractivity contribution < 1.29 is 4.79 Å².